The Hall–Kier alpha value is -3.47. The molecule has 0 spiro atoms. The standard InChI is InChI=1S/C28H33ClFN5O3Si/c1-34(2)28(36)20-11-17(13-32-26(20)31)21-14-33-27-24(25(21)29)22(19-8-7-18(30)12-23(19)37-3)15-35(27)16-38-9-10-39(4,5)6/h7-8,11-15H,9-10,16H2,1-6H3,(H2,31,32). The van der Waals surface area contributed by atoms with Gasteiger partial charge in [-0.1, -0.05) is 31.2 Å². The number of nitrogen functional groups attached to an aromatic ring is 1. The van der Waals surface area contributed by atoms with Crippen LogP contribution in [0.1, 0.15) is 10.4 Å². The van der Waals surface area contributed by atoms with Crippen LogP contribution in [-0.2, 0) is 11.5 Å². The number of benzene rings is 1. The Balaban J connectivity index is 1.88. The van der Waals surface area contributed by atoms with Gasteiger partial charge in [-0.3, -0.25) is 4.79 Å². The minimum atomic E-state index is -1.26. The van der Waals surface area contributed by atoms with Gasteiger partial charge in [0.1, 0.15) is 29.8 Å². The first-order valence-electron chi connectivity index (χ1n) is 12.5. The molecule has 0 fully saturated rings. The van der Waals surface area contributed by atoms with Gasteiger partial charge in [-0.25, -0.2) is 14.4 Å². The molecule has 39 heavy (non-hydrogen) atoms. The van der Waals surface area contributed by atoms with E-state index in [1.165, 1.54) is 24.1 Å². The molecule has 0 aliphatic carbocycles. The molecule has 0 radical (unpaired) electrons. The minimum absolute atomic E-state index is 0.126. The molecular weight excluding hydrogens is 537 g/mol. The number of hydrogen-bond donors (Lipinski definition) is 1. The summed E-state index contributed by atoms with van der Waals surface area (Å²) in [5, 5.41) is 1.04. The minimum Gasteiger partial charge on any atom is -0.496 e. The Morgan fingerprint density at radius 2 is 1.87 bits per heavy atom. The Bertz CT molecular complexity index is 1530. The Labute approximate surface area is 233 Å². The lowest BCUT2D eigenvalue weighted by Crippen LogP contribution is -2.23. The van der Waals surface area contributed by atoms with E-state index in [1.807, 2.05) is 10.8 Å². The normalized spacial score (nSPS) is 11.7. The van der Waals surface area contributed by atoms with Gasteiger partial charge >= 0.3 is 0 Å². The topological polar surface area (TPSA) is 95.5 Å². The maximum Gasteiger partial charge on any atom is 0.257 e. The van der Waals surface area contributed by atoms with Crippen LogP contribution in [0.25, 0.3) is 33.3 Å². The van der Waals surface area contributed by atoms with E-state index in [9.17, 15) is 9.18 Å². The molecule has 0 saturated heterocycles. The molecule has 3 heterocycles. The van der Waals surface area contributed by atoms with E-state index >= 15 is 0 Å². The predicted octanol–water partition coefficient (Wildman–Crippen LogP) is 6.16. The molecular formula is C28H33ClFN5O3Si. The molecule has 2 N–H and O–H groups in total. The zero-order valence-electron chi connectivity index (χ0n) is 23.0. The highest BCUT2D eigenvalue weighted by molar-refractivity contribution is 6.76. The zero-order chi connectivity index (χ0) is 28.5. The summed E-state index contributed by atoms with van der Waals surface area (Å²) in [5.41, 5.74) is 9.40. The maximum atomic E-state index is 14.0. The molecule has 1 amide bonds. The van der Waals surface area contributed by atoms with Crippen molar-refractivity contribution in [1.82, 2.24) is 19.4 Å². The number of fused-ring (bicyclic) bond motifs is 1. The van der Waals surface area contributed by atoms with Gasteiger partial charge in [0.25, 0.3) is 5.91 Å². The van der Waals surface area contributed by atoms with Crippen LogP contribution in [0.4, 0.5) is 10.2 Å². The lowest BCUT2D eigenvalue weighted by atomic mass is 10.0. The van der Waals surface area contributed by atoms with Gasteiger partial charge in [-0.2, -0.15) is 0 Å². The third-order valence-electron chi connectivity index (χ3n) is 6.37. The first-order valence-corrected chi connectivity index (χ1v) is 16.6. The molecule has 4 rings (SSSR count). The van der Waals surface area contributed by atoms with Crippen LogP contribution in [-0.4, -0.2) is 61.2 Å². The van der Waals surface area contributed by atoms with Crippen molar-refractivity contribution in [2.75, 3.05) is 33.5 Å². The fraction of sp³-hybridized carbons (Fsp3) is 0.321. The molecule has 0 aliphatic heterocycles. The van der Waals surface area contributed by atoms with E-state index in [2.05, 4.69) is 24.6 Å². The number of amides is 1. The number of nitrogens with zero attached hydrogens (tertiary/aromatic N) is 4. The van der Waals surface area contributed by atoms with E-state index in [4.69, 9.17) is 31.8 Å². The fourth-order valence-electron chi connectivity index (χ4n) is 4.19. The van der Waals surface area contributed by atoms with Crippen molar-refractivity contribution >= 4 is 42.4 Å². The van der Waals surface area contributed by atoms with E-state index in [0.29, 0.717) is 50.7 Å². The monoisotopic (exact) mass is 569 g/mol. The van der Waals surface area contributed by atoms with Gasteiger partial charge in [-0.05, 0) is 24.2 Å². The van der Waals surface area contributed by atoms with Crippen LogP contribution in [0, 0.1) is 5.82 Å². The summed E-state index contributed by atoms with van der Waals surface area (Å²) in [6, 6.07) is 7.05. The number of methoxy groups -OCH3 is 1. The second kappa shape index (κ2) is 11.3. The van der Waals surface area contributed by atoms with Crippen molar-refractivity contribution in [1.29, 1.82) is 0 Å². The molecule has 8 nitrogen and oxygen atoms in total. The van der Waals surface area contributed by atoms with Gasteiger partial charge < -0.3 is 24.7 Å². The van der Waals surface area contributed by atoms with Gasteiger partial charge in [-0.15, -0.1) is 0 Å². The predicted molar refractivity (Wildman–Crippen MR) is 156 cm³/mol. The molecule has 0 unspecified atom stereocenters. The molecule has 0 bridgehead atoms. The zero-order valence-corrected chi connectivity index (χ0v) is 24.8. The Morgan fingerprint density at radius 1 is 1.13 bits per heavy atom. The van der Waals surface area contributed by atoms with E-state index < -0.39 is 13.9 Å². The van der Waals surface area contributed by atoms with E-state index in [0.717, 1.165) is 6.04 Å². The van der Waals surface area contributed by atoms with Crippen LogP contribution in [0.5, 0.6) is 5.75 Å². The number of halogens is 2. The third kappa shape index (κ3) is 6.08. The highest BCUT2D eigenvalue weighted by atomic mass is 35.5. The van der Waals surface area contributed by atoms with Crippen LogP contribution >= 0.6 is 11.6 Å². The van der Waals surface area contributed by atoms with Crippen LogP contribution in [0.3, 0.4) is 0 Å². The van der Waals surface area contributed by atoms with Gasteiger partial charge in [0.05, 0.1) is 17.7 Å². The second-order valence-corrected chi connectivity index (χ2v) is 16.7. The van der Waals surface area contributed by atoms with Crippen molar-refractivity contribution < 1.29 is 18.7 Å². The van der Waals surface area contributed by atoms with Crippen LogP contribution < -0.4 is 10.5 Å². The first kappa shape index (κ1) is 28.5. The summed E-state index contributed by atoms with van der Waals surface area (Å²) in [6.45, 7) is 7.81. The molecule has 1 aromatic carbocycles. The number of carbonyl (C=O) groups excluding carboxylic acids is 1. The average Bonchev–Trinajstić information content (AvgIpc) is 3.25. The smallest absolute Gasteiger partial charge is 0.257 e. The van der Waals surface area contributed by atoms with Crippen LogP contribution in [0.15, 0.2) is 42.9 Å². The van der Waals surface area contributed by atoms with Crippen molar-refractivity contribution in [3.8, 4) is 28.0 Å². The number of aromatic nitrogens is 3. The molecule has 0 aliphatic rings. The molecule has 0 atom stereocenters. The van der Waals surface area contributed by atoms with Gasteiger partial charge in [0.15, 0.2) is 0 Å². The molecule has 206 valence electrons. The fourth-order valence-corrected chi connectivity index (χ4v) is 5.29. The SMILES string of the molecule is COc1cc(F)ccc1-c1cn(COCC[Si](C)(C)C)c2ncc(-c3cnc(N)c(C(=O)N(C)C)c3)c(Cl)c12. The summed E-state index contributed by atoms with van der Waals surface area (Å²) in [6.07, 6.45) is 5.09. The number of pyridine rings is 2. The quantitative estimate of drug-likeness (QED) is 0.191. The van der Waals surface area contributed by atoms with Gasteiger partial charge in [0, 0.05) is 81.1 Å². The third-order valence-corrected chi connectivity index (χ3v) is 8.47. The number of carbonyl (C=O) groups is 1. The number of rotatable bonds is 9. The second-order valence-electron chi connectivity index (χ2n) is 10.7. The Morgan fingerprint density at radius 3 is 2.54 bits per heavy atom. The lowest BCUT2D eigenvalue weighted by molar-refractivity contribution is 0.0828. The number of nitrogens with two attached hydrogens (primary N) is 1. The molecule has 3 aromatic heterocycles. The van der Waals surface area contributed by atoms with Crippen molar-refractivity contribution in [3.63, 3.8) is 0 Å². The van der Waals surface area contributed by atoms with Crippen molar-refractivity contribution in [3.05, 3.63) is 59.3 Å². The summed E-state index contributed by atoms with van der Waals surface area (Å²) >= 11 is 7.07. The summed E-state index contributed by atoms with van der Waals surface area (Å²) < 4.78 is 27.4. The van der Waals surface area contributed by atoms with Crippen molar-refractivity contribution in [2.24, 2.45) is 0 Å². The molecule has 4 aromatic rings. The maximum absolute atomic E-state index is 14.0. The van der Waals surface area contributed by atoms with Crippen molar-refractivity contribution in [2.45, 2.75) is 32.4 Å². The summed E-state index contributed by atoms with van der Waals surface area (Å²) in [4.78, 5) is 23.1. The molecule has 0 saturated carbocycles. The number of hydrogen-bond acceptors (Lipinski definition) is 6. The number of ether oxygens (including phenoxy) is 2. The summed E-state index contributed by atoms with van der Waals surface area (Å²) in [5.74, 6) is -0.195. The highest BCUT2D eigenvalue weighted by Crippen LogP contribution is 2.42. The average molecular weight is 570 g/mol. The van der Waals surface area contributed by atoms with E-state index in [1.54, 1.807) is 38.6 Å². The highest BCUT2D eigenvalue weighted by Gasteiger charge is 2.22. The van der Waals surface area contributed by atoms with Crippen LogP contribution in [0.2, 0.25) is 30.7 Å². The largest absolute Gasteiger partial charge is 0.496 e. The first-order chi connectivity index (χ1) is 18.4. The lowest BCUT2D eigenvalue weighted by Gasteiger charge is -2.15. The number of anilines is 1. The van der Waals surface area contributed by atoms with Gasteiger partial charge in [0.2, 0.25) is 0 Å². The van der Waals surface area contributed by atoms with E-state index in [-0.39, 0.29) is 24.0 Å². The summed E-state index contributed by atoms with van der Waals surface area (Å²) in [7, 11) is 3.52. The Kier molecular flexibility index (Phi) is 8.29. The molecule has 11 heteroatoms.